The van der Waals surface area contributed by atoms with Crippen LogP contribution in [0, 0.1) is 0 Å². The van der Waals surface area contributed by atoms with Crippen LogP contribution in [0.15, 0.2) is 4.99 Å². The summed E-state index contributed by atoms with van der Waals surface area (Å²) >= 11 is 0. The Bertz CT molecular complexity index is 367. The van der Waals surface area contributed by atoms with Crippen molar-refractivity contribution < 1.29 is 14.3 Å². The normalized spacial score (nSPS) is 16.2. The van der Waals surface area contributed by atoms with Crippen LogP contribution in [-0.4, -0.2) is 50.4 Å². The van der Waals surface area contributed by atoms with Gasteiger partial charge in [-0.1, -0.05) is 19.3 Å². The molecular formula is C18H35N3O3. The van der Waals surface area contributed by atoms with Gasteiger partial charge in [0.05, 0.1) is 18.6 Å². The van der Waals surface area contributed by atoms with Gasteiger partial charge in [0.2, 0.25) is 0 Å². The number of hydrogen-bond donors (Lipinski definition) is 2. The van der Waals surface area contributed by atoms with E-state index >= 15 is 0 Å². The molecular weight excluding hydrogens is 306 g/mol. The minimum Gasteiger partial charge on any atom is -0.463 e. The monoisotopic (exact) mass is 341 g/mol. The molecule has 0 aromatic carbocycles. The number of nitrogens with one attached hydrogen (secondary N) is 2. The minimum absolute atomic E-state index is 0.0661. The van der Waals surface area contributed by atoms with Gasteiger partial charge >= 0.3 is 5.97 Å². The van der Waals surface area contributed by atoms with Crippen molar-refractivity contribution >= 4 is 11.9 Å². The number of carbonyl (C=O) groups excluding carboxylic acids is 1. The average molecular weight is 341 g/mol. The molecule has 0 bridgehead atoms. The Balaban J connectivity index is 2.15. The van der Waals surface area contributed by atoms with Crippen LogP contribution < -0.4 is 10.6 Å². The van der Waals surface area contributed by atoms with Gasteiger partial charge in [0, 0.05) is 26.2 Å². The third-order valence-corrected chi connectivity index (χ3v) is 3.81. The first-order valence-corrected chi connectivity index (χ1v) is 9.45. The Labute approximate surface area is 146 Å². The molecule has 24 heavy (non-hydrogen) atoms. The SMILES string of the molecule is CCNC(=NCCCOC1CCCCC1)NCCC(=O)OC(C)C. The second-order valence-corrected chi connectivity index (χ2v) is 6.46. The molecule has 0 unspecified atom stereocenters. The molecule has 1 saturated carbocycles. The molecule has 140 valence electrons. The Kier molecular flexibility index (Phi) is 11.3. The Morgan fingerprint density at radius 3 is 2.62 bits per heavy atom. The molecule has 0 atom stereocenters. The van der Waals surface area contributed by atoms with E-state index in [1.54, 1.807) is 0 Å². The van der Waals surface area contributed by atoms with Gasteiger partial charge in [0.25, 0.3) is 0 Å². The summed E-state index contributed by atoms with van der Waals surface area (Å²) in [5, 5.41) is 6.35. The summed E-state index contributed by atoms with van der Waals surface area (Å²) in [7, 11) is 0. The van der Waals surface area contributed by atoms with Crippen molar-refractivity contribution in [2.45, 2.75) is 77.9 Å². The molecule has 0 aromatic rings. The van der Waals surface area contributed by atoms with Crippen molar-refractivity contribution in [1.29, 1.82) is 0 Å². The van der Waals surface area contributed by atoms with Crippen LogP contribution in [0.25, 0.3) is 0 Å². The van der Waals surface area contributed by atoms with Gasteiger partial charge in [-0.15, -0.1) is 0 Å². The maximum atomic E-state index is 11.5. The number of ether oxygens (including phenoxy) is 2. The molecule has 0 radical (unpaired) electrons. The first kappa shape index (κ1) is 20.7. The number of rotatable bonds is 10. The van der Waals surface area contributed by atoms with E-state index in [0.29, 0.717) is 19.1 Å². The zero-order chi connectivity index (χ0) is 17.6. The standard InChI is InChI=1S/C18H35N3O3/c1-4-19-18(21-13-11-17(22)24-15(2)3)20-12-8-14-23-16-9-6-5-7-10-16/h15-16H,4-14H2,1-3H3,(H2,19,20,21). The number of nitrogens with zero attached hydrogens (tertiary/aromatic N) is 1. The fourth-order valence-corrected chi connectivity index (χ4v) is 2.68. The van der Waals surface area contributed by atoms with E-state index in [1.165, 1.54) is 32.1 Å². The predicted octanol–water partition coefficient (Wildman–Crippen LogP) is 2.62. The van der Waals surface area contributed by atoms with Crippen LogP contribution in [0.5, 0.6) is 0 Å². The number of carbonyl (C=O) groups is 1. The second kappa shape index (κ2) is 13.0. The van der Waals surface area contributed by atoms with E-state index in [-0.39, 0.29) is 12.1 Å². The molecule has 0 amide bonds. The van der Waals surface area contributed by atoms with Crippen LogP contribution in [0.2, 0.25) is 0 Å². The maximum absolute atomic E-state index is 11.5. The van der Waals surface area contributed by atoms with Crippen molar-refractivity contribution in [2.75, 3.05) is 26.2 Å². The highest BCUT2D eigenvalue weighted by Gasteiger charge is 2.12. The zero-order valence-corrected chi connectivity index (χ0v) is 15.6. The molecule has 6 nitrogen and oxygen atoms in total. The summed E-state index contributed by atoms with van der Waals surface area (Å²) in [6.07, 6.45) is 8.03. The summed E-state index contributed by atoms with van der Waals surface area (Å²) in [6, 6.07) is 0. The van der Waals surface area contributed by atoms with Crippen molar-refractivity contribution in [3.8, 4) is 0 Å². The molecule has 0 aliphatic heterocycles. The number of esters is 1. The lowest BCUT2D eigenvalue weighted by molar-refractivity contribution is -0.147. The Morgan fingerprint density at radius 1 is 1.21 bits per heavy atom. The predicted molar refractivity (Wildman–Crippen MR) is 97.3 cm³/mol. The summed E-state index contributed by atoms with van der Waals surface area (Å²) in [4.78, 5) is 16.0. The number of hydrogen-bond acceptors (Lipinski definition) is 4. The first-order valence-electron chi connectivity index (χ1n) is 9.45. The summed E-state index contributed by atoms with van der Waals surface area (Å²) in [6.45, 7) is 8.54. The minimum atomic E-state index is -0.186. The lowest BCUT2D eigenvalue weighted by atomic mass is 9.98. The zero-order valence-electron chi connectivity index (χ0n) is 15.6. The van der Waals surface area contributed by atoms with E-state index in [9.17, 15) is 4.79 Å². The van der Waals surface area contributed by atoms with Gasteiger partial charge in [-0.2, -0.15) is 0 Å². The Hall–Kier alpha value is -1.30. The molecule has 0 spiro atoms. The summed E-state index contributed by atoms with van der Waals surface area (Å²) in [5.74, 6) is 0.557. The van der Waals surface area contributed by atoms with Crippen LogP contribution in [0.4, 0.5) is 0 Å². The quantitative estimate of drug-likeness (QED) is 0.277. The van der Waals surface area contributed by atoms with Gasteiger partial charge in [-0.3, -0.25) is 9.79 Å². The van der Waals surface area contributed by atoms with Crippen molar-refractivity contribution in [2.24, 2.45) is 4.99 Å². The highest BCUT2D eigenvalue weighted by atomic mass is 16.5. The summed E-state index contributed by atoms with van der Waals surface area (Å²) < 4.78 is 11.0. The molecule has 1 rings (SSSR count). The van der Waals surface area contributed by atoms with E-state index in [4.69, 9.17) is 9.47 Å². The van der Waals surface area contributed by atoms with Crippen LogP contribution >= 0.6 is 0 Å². The third-order valence-electron chi connectivity index (χ3n) is 3.81. The van der Waals surface area contributed by atoms with E-state index in [0.717, 1.165) is 32.1 Å². The molecule has 6 heteroatoms. The molecule has 0 aromatic heterocycles. The molecule has 1 aliphatic rings. The lowest BCUT2D eigenvalue weighted by Gasteiger charge is -2.21. The van der Waals surface area contributed by atoms with Crippen LogP contribution in [0.3, 0.4) is 0 Å². The molecule has 2 N–H and O–H groups in total. The second-order valence-electron chi connectivity index (χ2n) is 6.46. The van der Waals surface area contributed by atoms with Crippen molar-refractivity contribution in [1.82, 2.24) is 10.6 Å². The Morgan fingerprint density at radius 2 is 1.96 bits per heavy atom. The average Bonchev–Trinajstić information content (AvgIpc) is 2.54. The van der Waals surface area contributed by atoms with Gasteiger partial charge in [-0.25, -0.2) is 0 Å². The topological polar surface area (TPSA) is 72.0 Å². The third kappa shape index (κ3) is 10.5. The lowest BCUT2D eigenvalue weighted by Crippen LogP contribution is -2.38. The molecule has 0 saturated heterocycles. The highest BCUT2D eigenvalue weighted by molar-refractivity contribution is 5.80. The fraction of sp³-hybridized carbons (Fsp3) is 0.889. The summed E-state index contributed by atoms with van der Waals surface area (Å²) in [5.41, 5.74) is 0. The van der Waals surface area contributed by atoms with Crippen LogP contribution in [-0.2, 0) is 14.3 Å². The van der Waals surface area contributed by atoms with Gasteiger partial charge in [0.1, 0.15) is 0 Å². The van der Waals surface area contributed by atoms with Gasteiger partial charge < -0.3 is 20.1 Å². The largest absolute Gasteiger partial charge is 0.463 e. The van der Waals surface area contributed by atoms with Crippen molar-refractivity contribution in [3.63, 3.8) is 0 Å². The van der Waals surface area contributed by atoms with E-state index < -0.39 is 0 Å². The highest BCUT2D eigenvalue weighted by Crippen LogP contribution is 2.20. The molecule has 0 heterocycles. The van der Waals surface area contributed by atoms with Gasteiger partial charge in [-0.05, 0) is 40.0 Å². The van der Waals surface area contributed by atoms with Gasteiger partial charge in [0.15, 0.2) is 5.96 Å². The number of guanidine groups is 1. The maximum Gasteiger partial charge on any atom is 0.307 e. The first-order chi connectivity index (χ1) is 11.6. The number of aliphatic imine (C=N–C) groups is 1. The smallest absolute Gasteiger partial charge is 0.307 e. The van der Waals surface area contributed by atoms with E-state index in [2.05, 4.69) is 15.6 Å². The molecule has 1 aliphatic carbocycles. The van der Waals surface area contributed by atoms with Crippen LogP contribution in [0.1, 0.15) is 65.7 Å². The van der Waals surface area contributed by atoms with E-state index in [1.807, 2.05) is 20.8 Å². The molecule has 1 fully saturated rings. The van der Waals surface area contributed by atoms with Crippen molar-refractivity contribution in [3.05, 3.63) is 0 Å². The fourth-order valence-electron chi connectivity index (χ4n) is 2.68.